The van der Waals surface area contributed by atoms with E-state index in [4.69, 9.17) is 5.73 Å². The first-order chi connectivity index (χ1) is 10.4. The molecule has 3 N–H and O–H groups in total. The summed E-state index contributed by atoms with van der Waals surface area (Å²) in [5, 5.41) is 2.44. The van der Waals surface area contributed by atoms with Crippen LogP contribution in [0.1, 0.15) is 11.6 Å². The number of carbonyl (C=O) groups excluding carboxylic acids is 4. The average molecular weight is 304 g/mol. The van der Waals surface area contributed by atoms with E-state index in [0.29, 0.717) is 5.56 Å². The topological polar surface area (TPSA) is 113 Å². The van der Waals surface area contributed by atoms with Crippen molar-refractivity contribution >= 4 is 23.8 Å². The molecular formula is C14H16N4O4. The van der Waals surface area contributed by atoms with Gasteiger partial charge in [-0.25, -0.2) is 4.79 Å². The molecule has 0 aliphatic carbocycles. The van der Waals surface area contributed by atoms with Gasteiger partial charge in [0.15, 0.2) is 0 Å². The highest BCUT2D eigenvalue weighted by molar-refractivity contribution is 6.04. The van der Waals surface area contributed by atoms with Gasteiger partial charge in [-0.3, -0.25) is 19.3 Å². The lowest BCUT2D eigenvalue weighted by atomic mass is 10.1. The van der Waals surface area contributed by atoms with Crippen molar-refractivity contribution in [3.63, 3.8) is 0 Å². The first-order valence-electron chi connectivity index (χ1n) is 6.59. The second-order valence-corrected chi connectivity index (χ2v) is 4.93. The van der Waals surface area contributed by atoms with Crippen LogP contribution in [0.3, 0.4) is 0 Å². The predicted molar refractivity (Wildman–Crippen MR) is 76.3 cm³/mol. The third-order valence-corrected chi connectivity index (χ3v) is 3.26. The van der Waals surface area contributed by atoms with E-state index in [1.807, 2.05) is 0 Å². The van der Waals surface area contributed by atoms with Crippen LogP contribution in [0.25, 0.3) is 0 Å². The van der Waals surface area contributed by atoms with E-state index in [2.05, 4.69) is 5.32 Å². The van der Waals surface area contributed by atoms with Crippen molar-refractivity contribution in [3.8, 4) is 0 Å². The SMILES string of the molecule is CN1CC(=O)N(CC(=O)NC(C(N)=O)c2ccccc2)C1=O. The first kappa shape index (κ1) is 15.5. The third kappa shape index (κ3) is 3.22. The Morgan fingerprint density at radius 1 is 1.27 bits per heavy atom. The molecule has 0 aromatic heterocycles. The third-order valence-electron chi connectivity index (χ3n) is 3.26. The summed E-state index contributed by atoms with van der Waals surface area (Å²) in [6.07, 6.45) is 0. The highest BCUT2D eigenvalue weighted by Gasteiger charge is 2.35. The van der Waals surface area contributed by atoms with E-state index in [-0.39, 0.29) is 6.54 Å². The Bertz CT molecular complexity index is 617. The number of primary amides is 1. The highest BCUT2D eigenvalue weighted by atomic mass is 16.2. The minimum absolute atomic E-state index is 0.0654. The zero-order chi connectivity index (χ0) is 16.3. The molecule has 5 amide bonds. The molecule has 1 saturated heterocycles. The Morgan fingerprint density at radius 3 is 2.41 bits per heavy atom. The summed E-state index contributed by atoms with van der Waals surface area (Å²) in [6.45, 7) is -0.511. The van der Waals surface area contributed by atoms with E-state index in [1.54, 1.807) is 30.3 Å². The molecule has 1 unspecified atom stereocenters. The van der Waals surface area contributed by atoms with E-state index >= 15 is 0 Å². The molecule has 8 heteroatoms. The van der Waals surface area contributed by atoms with Crippen LogP contribution >= 0.6 is 0 Å². The fraction of sp³-hybridized carbons (Fsp3) is 0.286. The van der Waals surface area contributed by atoms with Crippen LogP contribution in [0.5, 0.6) is 0 Å². The number of nitrogens with two attached hydrogens (primary N) is 1. The Balaban J connectivity index is 2.05. The molecule has 2 rings (SSSR count). The number of urea groups is 1. The maximum absolute atomic E-state index is 12.0. The van der Waals surface area contributed by atoms with Crippen LogP contribution in [0.2, 0.25) is 0 Å². The maximum atomic E-state index is 12.0. The number of hydrogen-bond acceptors (Lipinski definition) is 4. The van der Waals surface area contributed by atoms with Crippen molar-refractivity contribution in [2.24, 2.45) is 5.73 Å². The Morgan fingerprint density at radius 2 is 1.91 bits per heavy atom. The smallest absolute Gasteiger partial charge is 0.327 e. The first-order valence-corrected chi connectivity index (χ1v) is 6.59. The molecule has 1 aromatic carbocycles. The van der Waals surface area contributed by atoms with Gasteiger partial charge in [-0.05, 0) is 5.56 Å². The van der Waals surface area contributed by atoms with Gasteiger partial charge in [-0.1, -0.05) is 30.3 Å². The quantitative estimate of drug-likeness (QED) is 0.695. The normalized spacial score (nSPS) is 15.9. The summed E-state index contributed by atoms with van der Waals surface area (Å²) in [7, 11) is 1.47. The van der Waals surface area contributed by atoms with Gasteiger partial charge in [0.1, 0.15) is 19.1 Å². The number of rotatable bonds is 5. The lowest BCUT2D eigenvalue weighted by molar-refractivity contribution is -0.132. The lowest BCUT2D eigenvalue weighted by Gasteiger charge is -2.18. The Labute approximate surface area is 126 Å². The van der Waals surface area contributed by atoms with Gasteiger partial charge in [-0.2, -0.15) is 0 Å². The molecular weight excluding hydrogens is 288 g/mol. The highest BCUT2D eigenvalue weighted by Crippen LogP contribution is 2.12. The summed E-state index contributed by atoms with van der Waals surface area (Å²) in [4.78, 5) is 48.9. The predicted octanol–water partition coefficient (Wildman–Crippen LogP) is -0.777. The number of imide groups is 1. The zero-order valence-corrected chi connectivity index (χ0v) is 12.0. The van der Waals surface area contributed by atoms with Crippen molar-refractivity contribution in [2.75, 3.05) is 20.1 Å². The molecule has 1 aliphatic rings. The standard InChI is InChI=1S/C14H16N4O4/c1-17-8-11(20)18(14(17)22)7-10(19)16-12(13(15)21)9-5-3-2-4-6-9/h2-6,12H,7-8H2,1H3,(H2,15,21)(H,16,19). The average Bonchev–Trinajstić information content (AvgIpc) is 2.72. The number of amides is 5. The van der Waals surface area contributed by atoms with Gasteiger partial charge >= 0.3 is 6.03 Å². The monoisotopic (exact) mass is 304 g/mol. The zero-order valence-electron chi connectivity index (χ0n) is 12.0. The van der Waals surface area contributed by atoms with Gasteiger partial charge in [0.2, 0.25) is 11.8 Å². The molecule has 1 fully saturated rings. The molecule has 1 aromatic rings. The van der Waals surface area contributed by atoms with Crippen LogP contribution in [0, 0.1) is 0 Å². The van der Waals surface area contributed by atoms with Gasteiger partial charge in [-0.15, -0.1) is 0 Å². The summed E-state index contributed by atoms with van der Waals surface area (Å²) < 4.78 is 0. The van der Waals surface area contributed by atoms with Crippen molar-refractivity contribution in [2.45, 2.75) is 6.04 Å². The molecule has 22 heavy (non-hydrogen) atoms. The van der Waals surface area contributed by atoms with Crippen molar-refractivity contribution in [3.05, 3.63) is 35.9 Å². The molecule has 0 spiro atoms. The van der Waals surface area contributed by atoms with E-state index in [1.165, 1.54) is 11.9 Å². The van der Waals surface area contributed by atoms with Gasteiger partial charge < -0.3 is 16.0 Å². The number of nitrogens with zero attached hydrogens (tertiary/aromatic N) is 2. The molecule has 0 radical (unpaired) electrons. The van der Waals surface area contributed by atoms with Crippen molar-refractivity contribution < 1.29 is 19.2 Å². The van der Waals surface area contributed by atoms with E-state index in [0.717, 1.165) is 4.90 Å². The largest absolute Gasteiger partial charge is 0.368 e. The molecule has 116 valence electrons. The fourth-order valence-electron chi connectivity index (χ4n) is 2.14. The summed E-state index contributed by atoms with van der Waals surface area (Å²) in [5.41, 5.74) is 5.82. The lowest BCUT2D eigenvalue weighted by Crippen LogP contribution is -2.44. The van der Waals surface area contributed by atoms with E-state index < -0.39 is 36.3 Å². The summed E-state index contributed by atoms with van der Waals surface area (Å²) >= 11 is 0. The maximum Gasteiger partial charge on any atom is 0.327 e. The van der Waals surface area contributed by atoms with Crippen molar-refractivity contribution in [1.82, 2.24) is 15.1 Å². The molecule has 0 bridgehead atoms. The minimum atomic E-state index is -1.01. The van der Waals surface area contributed by atoms with Crippen LogP contribution in [0.4, 0.5) is 4.79 Å². The number of carbonyl (C=O) groups is 4. The molecule has 0 saturated carbocycles. The number of hydrogen-bond donors (Lipinski definition) is 2. The fourth-order valence-corrected chi connectivity index (χ4v) is 2.14. The van der Waals surface area contributed by atoms with Crippen LogP contribution in [0.15, 0.2) is 30.3 Å². The van der Waals surface area contributed by atoms with Gasteiger partial charge in [0.25, 0.3) is 5.91 Å². The summed E-state index contributed by atoms with van der Waals surface area (Å²) in [6, 6.07) is 6.92. The van der Waals surface area contributed by atoms with E-state index in [9.17, 15) is 19.2 Å². The van der Waals surface area contributed by atoms with Crippen LogP contribution in [-0.4, -0.2) is 53.7 Å². The Kier molecular flexibility index (Phi) is 4.40. The summed E-state index contributed by atoms with van der Waals surface area (Å²) in [5.74, 6) is -1.82. The number of likely N-dealkylation sites (N-methyl/N-ethyl adjacent to an activating group) is 1. The van der Waals surface area contributed by atoms with Crippen molar-refractivity contribution in [1.29, 1.82) is 0 Å². The number of nitrogens with one attached hydrogen (secondary N) is 1. The number of benzene rings is 1. The van der Waals surface area contributed by atoms with Gasteiger partial charge in [0.05, 0.1) is 0 Å². The molecule has 1 aliphatic heterocycles. The molecule has 8 nitrogen and oxygen atoms in total. The minimum Gasteiger partial charge on any atom is -0.368 e. The van der Waals surface area contributed by atoms with Crippen LogP contribution in [-0.2, 0) is 14.4 Å². The Hall–Kier alpha value is -2.90. The van der Waals surface area contributed by atoms with Crippen LogP contribution < -0.4 is 11.1 Å². The van der Waals surface area contributed by atoms with Gasteiger partial charge in [0, 0.05) is 7.05 Å². The molecule has 1 heterocycles. The second kappa shape index (κ2) is 6.25. The molecule has 1 atom stereocenters. The second-order valence-electron chi connectivity index (χ2n) is 4.93.